The lowest BCUT2D eigenvalue weighted by atomic mass is 10.00. The number of aliphatic hydroxyl groups is 1. The van der Waals surface area contributed by atoms with Crippen LogP contribution in [0.2, 0.25) is 0 Å². The SMILES string of the molecule is Cc1ccc(S(=O)(=O)n2ccc3c(C[n+]4ccccc4-c4ccc(CO)cc4)c(C)cc(C)c32)cc1. The number of nitrogens with zero attached hydrogens (tertiary/aromatic N) is 2. The largest absolute Gasteiger partial charge is 0.392 e. The van der Waals surface area contributed by atoms with Crippen molar-refractivity contribution in [2.24, 2.45) is 0 Å². The maximum atomic E-state index is 13.6. The summed E-state index contributed by atoms with van der Waals surface area (Å²) >= 11 is 0. The zero-order chi connectivity index (χ0) is 25.4. The van der Waals surface area contributed by atoms with Gasteiger partial charge in [-0.05, 0) is 73.9 Å². The molecule has 0 unspecified atom stereocenters. The van der Waals surface area contributed by atoms with E-state index in [9.17, 15) is 13.5 Å². The Morgan fingerprint density at radius 1 is 0.861 bits per heavy atom. The van der Waals surface area contributed by atoms with Crippen LogP contribution in [-0.4, -0.2) is 17.5 Å². The van der Waals surface area contributed by atoms with Crippen LogP contribution in [0.25, 0.3) is 22.2 Å². The van der Waals surface area contributed by atoms with E-state index in [1.54, 1.807) is 18.3 Å². The van der Waals surface area contributed by atoms with Crippen molar-refractivity contribution in [3.63, 3.8) is 0 Å². The molecule has 0 bridgehead atoms. The van der Waals surface area contributed by atoms with Gasteiger partial charge in [0.1, 0.15) is 0 Å². The first-order valence-corrected chi connectivity index (χ1v) is 13.3. The molecule has 0 aliphatic heterocycles. The Hall–Kier alpha value is -3.74. The van der Waals surface area contributed by atoms with Crippen LogP contribution in [0.5, 0.6) is 0 Å². The van der Waals surface area contributed by atoms with Gasteiger partial charge in [0.15, 0.2) is 12.7 Å². The number of hydrogen-bond acceptors (Lipinski definition) is 3. The molecule has 0 aliphatic rings. The number of benzene rings is 3. The molecule has 5 aromatic rings. The van der Waals surface area contributed by atoms with Gasteiger partial charge in [0.25, 0.3) is 10.0 Å². The van der Waals surface area contributed by atoms with Gasteiger partial charge in [-0.25, -0.2) is 12.4 Å². The fourth-order valence-corrected chi connectivity index (χ4v) is 6.21. The van der Waals surface area contributed by atoms with Crippen LogP contribution >= 0.6 is 0 Å². The molecular weight excluding hydrogens is 468 g/mol. The Bertz CT molecular complexity index is 1670. The quantitative estimate of drug-likeness (QED) is 0.324. The molecule has 0 spiro atoms. The Labute approximate surface area is 212 Å². The van der Waals surface area contributed by atoms with Crippen LogP contribution < -0.4 is 4.57 Å². The number of pyridine rings is 1. The molecule has 2 heterocycles. The molecule has 3 aromatic carbocycles. The normalized spacial score (nSPS) is 11.8. The summed E-state index contributed by atoms with van der Waals surface area (Å²) in [4.78, 5) is 0.276. The van der Waals surface area contributed by atoms with E-state index in [-0.39, 0.29) is 11.5 Å². The Balaban J connectivity index is 1.62. The number of aliphatic hydroxyl groups excluding tert-OH is 1. The predicted octanol–water partition coefficient (Wildman–Crippen LogP) is 5.30. The minimum absolute atomic E-state index is 0.0120. The van der Waals surface area contributed by atoms with E-state index >= 15 is 0 Å². The van der Waals surface area contributed by atoms with Crippen LogP contribution in [-0.2, 0) is 23.2 Å². The number of rotatable bonds is 6. The summed E-state index contributed by atoms with van der Waals surface area (Å²) in [6.07, 6.45) is 3.71. The van der Waals surface area contributed by atoms with E-state index in [0.717, 1.165) is 44.5 Å². The van der Waals surface area contributed by atoms with E-state index in [1.807, 2.05) is 74.6 Å². The fraction of sp³-hybridized carbons (Fsp3) is 0.167. The molecule has 0 saturated heterocycles. The van der Waals surface area contributed by atoms with E-state index in [2.05, 4.69) is 23.6 Å². The van der Waals surface area contributed by atoms with Gasteiger partial charge in [0.05, 0.1) is 17.0 Å². The van der Waals surface area contributed by atoms with Crippen LogP contribution in [0.4, 0.5) is 0 Å². The van der Waals surface area contributed by atoms with Gasteiger partial charge >= 0.3 is 0 Å². The molecular formula is C30H29N2O3S+. The van der Waals surface area contributed by atoms with Gasteiger partial charge in [-0.1, -0.05) is 35.9 Å². The van der Waals surface area contributed by atoms with Gasteiger partial charge in [0, 0.05) is 34.8 Å². The van der Waals surface area contributed by atoms with Crippen molar-refractivity contribution >= 4 is 20.9 Å². The lowest BCUT2D eigenvalue weighted by Crippen LogP contribution is -2.36. The van der Waals surface area contributed by atoms with Gasteiger partial charge in [0.2, 0.25) is 5.69 Å². The fourth-order valence-electron chi connectivity index (χ4n) is 4.80. The highest BCUT2D eigenvalue weighted by molar-refractivity contribution is 7.90. The van der Waals surface area contributed by atoms with Crippen molar-refractivity contribution in [1.82, 2.24) is 3.97 Å². The highest BCUT2D eigenvalue weighted by atomic mass is 32.2. The smallest absolute Gasteiger partial charge is 0.268 e. The van der Waals surface area contributed by atoms with Crippen molar-refractivity contribution < 1.29 is 18.1 Å². The highest BCUT2D eigenvalue weighted by Crippen LogP contribution is 2.30. The summed E-state index contributed by atoms with van der Waals surface area (Å²) in [5, 5.41) is 10.3. The Morgan fingerprint density at radius 2 is 1.58 bits per heavy atom. The summed E-state index contributed by atoms with van der Waals surface area (Å²) in [5.74, 6) is 0. The van der Waals surface area contributed by atoms with Gasteiger partial charge < -0.3 is 5.11 Å². The second-order valence-electron chi connectivity index (χ2n) is 9.25. The third-order valence-corrected chi connectivity index (χ3v) is 8.43. The second kappa shape index (κ2) is 9.37. The van der Waals surface area contributed by atoms with Crippen molar-refractivity contribution in [2.75, 3.05) is 0 Å². The van der Waals surface area contributed by atoms with E-state index < -0.39 is 10.0 Å². The van der Waals surface area contributed by atoms with Crippen molar-refractivity contribution in [3.8, 4) is 11.3 Å². The van der Waals surface area contributed by atoms with Crippen molar-refractivity contribution in [1.29, 1.82) is 0 Å². The molecule has 182 valence electrons. The maximum Gasteiger partial charge on any atom is 0.268 e. The van der Waals surface area contributed by atoms with E-state index in [4.69, 9.17) is 0 Å². The molecule has 36 heavy (non-hydrogen) atoms. The summed E-state index contributed by atoms with van der Waals surface area (Å²) in [6, 6.07) is 24.9. The van der Waals surface area contributed by atoms with Crippen LogP contribution in [0.15, 0.2) is 96.2 Å². The van der Waals surface area contributed by atoms with Crippen LogP contribution in [0.3, 0.4) is 0 Å². The van der Waals surface area contributed by atoms with Crippen LogP contribution in [0, 0.1) is 20.8 Å². The third-order valence-electron chi connectivity index (χ3n) is 6.74. The molecule has 0 radical (unpaired) electrons. The van der Waals surface area contributed by atoms with Crippen molar-refractivity contribution in [2.45, 2.75) is 38.8 Å². The summed E-state index contributed by atoms with van der Waals surface area (Å²) in [6.45, 7) is 6.58. The second-order valence-corrected chi connectivity index (χ2v) is 11.1. The maximum absolute atomic E-state index is 13.6. The molecule has 0 saturated carbocycles. The molecule has 1 N–H and O–H groups in total. The minimum Gasteiger partial charge on any atom is -0.392 e. The van der Waals surface area contributed by atoms with Gasteiger partial charge in [-0.15, -0.1) is 0 Å². The molecule has 0 fully saturated rings. The topological polar surface area (TPSA) is 63.2 Å². The number of aryl methyl sites for hydroxylation is 3. The molecule has 0 aliphatic carbocycles. The molecule has 5 rings (SSSR count). The number of aromatic nitrogens is 2. The first kappa shape index (κ1) is 24.0. The summed E-state index contributed by atoms with van der Waals surface area (Å²) in [7, 11) is -3.73. The zero-order valence-corrected chi connectivity index (χ0v) is 21.5. The van der Waals surface area contributed by atoms with E-state index in [1.165, 1.54) is 3.97 Å². The molecule has 6 heteroatoms. The Morgan fingerprint density at radius 3 is 2.28 bits per heavy atom. The van der Waals surface area contributed by atoms with Gasteiger partial charge in [-0.3, -0.25) is 0 Å². The van der Waals surface area contributed by atoms with E-state index in [0.29, 0.717) is 12.1 Å². The van der Waals surface area contributed by atoms with Gasteiger partial charge in [-0.2, -0.15) is 4.57 Å². The average molecular weight is 498 g/mol. The predicted molar refractivity (Wildman–Crippen MR) is 142 cm³/mol. The zero-order valence-electron chi connectivity index (χ0n) is 20.6. The molecule has 0 atom stereocenters. The monoisotopic (exact) mass is 497 g/mol. The molecule has 0 amide bonds. The summed E-state index contributed by atoms with van der Waals surface area (Å²) in [5.41, 5.74) is 7.80. The molecule has 2 aromatic heterocycles. The minimum atomic E-state index is -3.73. The average Bonchev–Trinajstić information content (AvgIpc) is 3.34. The number of fused-ring (bicyclic) bond motifs is 1. The summed E-state index contributed by atoms with van der Waals surface area (Å²) < 4.78 is 30.7. The highest BCUT2D eigenvalue weighted by Gasteiger charge is 2.23. The standard InChI is InChI=1S/C30H29N2O3S/c1-21-7-13-26(14-8-21)36(34,35)32-17-15-27-28(22(2)18-23(3)30(27)32)19-31-16-5-4-6-29(31)25-11-9-24(20-33)10-12-25/h4-18,33H,19-20H2,1-3H3/q+1. The first-order valence-electron chi connectivity index (χ1n) is 11.9. The molecule has 5 nitrogen and oxygen atoms in total. The lowest BCUT2D eigenvalue weighted by Gasteiger charge is -2.13. The van der Waals surface area contributed by atoms with Crippen molar-refractivity contribution in [3.05, 3.63) is 119 Å². The lowest BCUT2D eigenvalue weighted by molar-refractivity contribution is -0.677. The first-order chi connectivity index (χ1) is 17.3. The van der Waals surface area contributed by atoms with Crippen LogP contribution in [0.1, 0.15) is 27.8 Å². The Kier molecular flexibility index (Phi) is 6.24. The number of hydrogen-bond donors (Lipinski definition) is 1. The third kappa shape index (κ3) is 4.23.